The maximum absolute atomic E-state index is 10.8. The molecule has 0 aromatic rings. The Balaban J connectivity index is 2.77. The summed E-state index contributed by atoms with van der Waals surface area (Å²) in [6.07, 6.45) is 0. The van der Waals surface area contributed by atoms with Gasteiger partial charge in [-0.05, 0) is 11.6 Å². The highest BCUT2D eigenvalue weighted by Crippen LogP contribution is 2.35. The minimum absolute atomic E-state index is 0.0313. The summed E-state index contributed by atoms with van der Waals surface area (Å²) in [5, 5.41) is 18.3. The summed E-state index contributed by atoms with van der Waals surface area (Å²) in [6.45, 7) is 0. The molecule has 2 rings (SSSR count). The molecule has 0 aliphatic heterocycles. The Labute approximate surface area is 80.6 Å². The van der Waals surface area contributed by atoms with Gasteiger partial charge < -0.3 is 10.2 Å². The predicted octanol–water partition coefficient (Wildman–Crippen LogP) is 2.20. The maximum Gasteiger partial charge on any atom is 0.340 e. The molecule has 0 amide bonds. The molecule has 3 heteroatoms. The van der Waals surface area contributed by atoms with E-state index >= 15 is 0 Å². The average molecular weight is 188 g/mol. The van der Waals surface area contributed by atoms with Crippen LogP contribution in [0, 0.1) is 0 Å². The Bertz CT molecular complexity index is 462. The molecule has 0 fully saturated rings. The number of carboxylic acid groups (broad SMARTS) is 1. The van der Waals surface area contributed by atoms with Crippen LogP contribution in [0.15, 0.2) is 36.4 Å². The molecule has 0 spiro atoms. The Morgan fingerprint density at radius 2 is 1.86 bits per heavy atom. The molecule has 0 bridgehead atoms. The summed E-state index contributed by atoms with van der Waals surface area (Å²) in [4.78, 5) is 10.8. The van der Waals surface area contributed by atoms with E-state index in [-0.39, 0.29) is 11.3 Å². The molecule has 0 aromatic carbocycles. The van der Waals surface area contributed by atoms with Crippen molar-refractivity contribution in [2.45, 2.75) is 0 Å². The number of fused-ring (bicyclic) bond motifs is 1. The molecule has 0 heterocycles. The van der Waals surface area contributed by atoms with Crippen LogP contribution in [-0.4, -0.2) is 16.2 Å². The van der Waals surface area contributed by atoms with Crippen molar-refractivity contribution in [2.75, 3.05) is 0 Å². The normalized spacial score (nSPS) is 10.3. The highest BCUT2D eigenvalue weighted by molar-refractivity contribution is 6.01. The van der Waals surface area contributed by atoms with Crippen LogP contribution in [0.2, 0.25) is 0 Å². The molecule has 14 heavy (non-hydrogen) atoms. The lowest BCUT2D eigenvalue weighted by Crippen LogP contribution is -1.95. The summed E-state index contributed by atoms with van der Waals surface area (Å²) >= 11 is 0. The van der Waals surface area contributed by atoms with Crippen LogP contribution in [0.25, 0.3) is 11.1 Å². The zero-order chi connectivity index (χ0) is 10.1. The highest BCUT2D eigenvalue weighted by Gasteiger charge is 2.19. The van der Waals surface area contributed by atoms with Crippen LogP contribution in [0.3, 0.4) is 0 Å². The van der Waals surface area contributed by atoms with Crippen LogP contribution >= 0.6 is 0 Å². The second-order valence-corrected chi connectivity index (χ2v) is 2.99. The van der Waals surface area contributed by atoms with Crippen molar-refractivity contribution in [3.8, 4) is 16.9 Å². The molecule has 2 aliphatic carbocycles. The summed E-state index contributed by atoms with van der Waals surface area (Å²) in [6, 6.07) is 10.3. The van der Waals surface area contributed by atoms with E-state index in [1.54, 1.807) is 24.3 Å². The third-order valence-electron chi connectivity index (χ3n) is 2.10. The van der Waals surface area contributed by atoms with Gasteiger partial charge in [-0.3, -0.25) is 0 Å². The first kappa shape index (κ1) is 8.56. The van der Waals surface area contributed by atoms with Gasteiger partial charge in [0, 0.05) is 5.56 Å². The number of aromatic hydroxyl groups is 1. The number of aromatic carboxylic acids is 1. The van der Waals surface area contributed by atoms with Gasteiger partial charge in [0.25, 0.3) is 0 Å². The van der Waals surface area contributed by atoms with Crippen LogP contribution in [0.5, 0.6) is 5.75 Å². The standard InChI is InChI=1S/C11H8O3/c12-9-6-7-4-2-1-3-5-8(7)10(9)11(13)14/h1-6,12H,(H,13,14). The van der Waals surface area contributed by atoms with Crippen molar-refractivity contribution < 1.29 is 15.0 Å². The average Bonchev–Trinajstić information content (AvgIpc) is 2.31. The summed E-state index contributed by atoms with van der Waals surface area (Å²) in [5.74, 6) is -1.29. The van der Waals surface area contributed by atoms with Crippen molar-refractivity contribution in [2.24, 2.45) is 0 Å². The van der Waals surface area contributed by atoms with E-state index in [0.717, 1.165) is 5.56 Å². The number of carbonyl (C=O) groups is 1. The predicted molar refractivity (Wildman–Crippen MR) is 51.7 cm³/mol. The highest BCUT2D eigenvalue weighted by atomic mass is 16.4. The first-order valence-corrected chi connectivity index (χ1v) is 4.14. The molecule has 2 aliphatic rings. The van der Waals surface area contributed by atoms with Gasteiger partial charge in [0.05, 0.1) is 0 Å². The molecule has 0 unspecified atom stereocenters. The van der Waals surface area contributed by atoms with Crippen LogP contribution in [0.1, 0.15) is 10.4 Å². The van der Waals surface area contributed by atoms with E-state index in [9.17, 15) is 9.90 Å². The molecule has 0 atom stereocenters. The minimum Gasteiger partial charge on any atom is -0.507 e. The van der Waals surface area contributed by atoms with Gasteiger partial charge in [0.15, 0.2) is 0 Å². The fourth-order valence-corrected chi connectivity index (χ4v) is 1.50. The summed E-state index contributed by atoms with van der Waals surface area (Å²) in [7, 11) is 0. The van der Waals surface area contributed by atoms with Crippen molar-refractivity contribution in [3.05, 3.63) is 42.0 Å². The second kappa shape index (κ2) is 3.03. The topological polar surface area (TPSA) is 57.5 Å². The Morgan fingerprint density at radius 1 is 1.14 bits per heavy atom. The van der Waals surface area contributed by atoms with Crippen molar-refractivity contribution in [1.29, 1.82) is 0 Å². The molecule has 70 valence electrons. The molecular weight excluding hydrogens is 180 g/mol. The monoisotopic (exact) mass is 188 g/mol. The first-order chi connectivity index (χ1) is 6.70. The van der Waals surface area contributed by atoms with E-state index in [2.05, 4.69) is 0 Å². The molecule has 0 saturated heterocycles. The number of hydrogen-bond donors (Lipinski definition) is 2. The SMILES string of the molecule is O=C(O)c1c(O)cc2cccccc1-2. The zero-order valence-corrected chi connectivity index (χ0v) is 7.27. The van der Waals surface area contributed by atoms with Crippen LogP contribution in [0.4, 0.5) is 0 Å². The van der Waals surface area contributed by atoms with Crippen molar-refractivity contribution >= 4 is 5.97 Å². The van der Waals surface area contributed by atoms with Gasteiger partial charge in [-0.2, -0.15) is 0 Å². The van der Waals surface area contributed by atoms with Gasteiger partial charge in [-0.1, -0.05) is 30.3 Å². The van der Waals surface area contributed by atoms with E-state index < -0.39 is 5.97 Å². The zero-order valence-electron chi connectivity index (χ0n) is 7.27. The first-order valence-electron chi connectivity index (χ1n) is 4.14. The van der Waals surface area contributed by atoms with Gasteiger partial charge in [0.1, 0.15) is 11.3 Å². The number of hydrogen-bond acceptors (Lipinski definition) is 2. The van der Waals surface area contributed by atoms with Crippen LogP contribution < -0.4 is 0 Å². The van der Waals surface area contributed by atoms with Gasteiger partial charge >= 0.3 is 5.97 Å². The van der Waals surface area contributed by atoms with E-state index in [4.69, 9.17) is 5.11 Å². The molecule has 3 nitrogen and oxygen atoms in total. The fraction of sp³-hybridized carbons (Fsp3) is 0. The fourth-order valence-electron chi connectivity index (χ4n) is 1.50. The van der Waals surface area contributed by atoms with E-state index in [1.807, 2.05) is 6.07 Å². The smallest absolute Gasteiger partial charge is 0.340 e. The minimum atomic E-state index is -1.11. The lowest BCUT2D eigenvalue weighted by Gasteiger charge is -1.94. The van der Waals surface area contributed by atoms with Crippen LogP contribution in [-0.2, 0) is 0 Å². The molecular formula is C11H8O3. The number of carboxylic acids is 1. The van der Waals surface area contributed by atoms with E-state index in [1.165, 1.54) is 6.07 Å². The number of rotatable bonds is 1. The third-order valence-corrected chi connectivity index (χ3v) is 2.10. The largest absolute Gasteiger partial charge is 0.507 e. The van der Waals surface area contributed by atoms with E-state index in [0.29, 0.717) is 5.56 Å². The Hall–Kier alpha value is -2.03. The lowest BCUT2D eigenvalue weighted by molar-refractivity contribution is 0.0695. The molecule has 0 aromatic heterocycles. The molecule has 0 saturated carbocycles. The van der Waals surface area contributed by atoms with Gasteiger partial charge in [-0.25, -0.2) is 4.79 Å². The lowest BCUT2D eigenvalue weighted by atomic mass is 10.1. The van der Waals surface area contributed by atoms with Crippen molar-refractivity contribution in [3.63, 3.8) is 0 Å². The third kappa shape index (κ3) is 1.19. The van der Waals surface area contributed by atoms with Crippen molar-refractivity contribution in [1.82, 2.24) is 0 Å². The summed E-state index contributed by atoms with van der Waals surface area (Å²) in [5.41, 5.74) is 1.25. The maximum atomic E-state index is 10.8. The Kier molecular flexibility index (Phi) is 1.85. The second-order valence-electron chi connectivity index (χ2n) is 2.99. The quantitative estimate of drug-likeness (QED) is 0.721. The Morgan fingerprint density at radius 3 is 2.57 bits per heavy atom. The van der Waals surface area contributed by atoms with Gasteiger partial charge in [0.2, 0.25) is 0 Å². The summed E-state index contributed by atoms with van der Waals surface area (Å²) < 4.78 is 0. The molecule has 0 radical (unpaired) electrons. The van der Waals surface area contributed by atoms with Gasteiger partial charge in [-0.15, -0.1) is 0 Å². The molecule has 2 N–H and O–H groups in total.